The summed E-state index contributed by atoms with van der Waals surface area (Å²) in [4.78, 5) is 8.69. The predicted molar refractivity (Wildman–Crippen MR) is 74.3 cm³/mol. The summed E-state index contributed by atoms with van der Waals surface area (Å²) in [5, 5.41) is 6.55. The zero-order valence-corrected chi connectivity index (χ0v) is 12.2. The van der Waals surface area contributed by atoms with Crippen LogP contribution in [0.2, 0.25) is 0 Å². The number of nitrogens with one attached hydrogen (secondary N) is 1. The van der Waals surface area contributed by atoms with E-state index in [-0.39, 0.29) is 6.04 Å². The molecule has 5 heteroatoms. The first-order chi connectivity index (χ1) is 8.19. The van der Waals surface area contributed by atoms with E-state index < -0.39 is 0 Å². The monoisotopic (exact) mass is 311 g/mol. The average Bonchev–Trinajstić information content (AvgIpc) is 2.72. The Kier molecular flexibility index (Phi) is 4.25. The fraction of sp³-hybridized carbons (Fsp3) is 0.333. The van der Waals surface area contributed by atoms with Crippen LogP contribution in [0.25, 0.3) is 0 Å². The summed E-state index contributed by atoms with van der Waals surface area (Å²) in [5.74, 6) is 0. The number of nitrogens with zero attached hydrogens (tertiary/aromatic N) is 2. The second kappa shape index (κ2) is 5.71. The lowest BCUT2D eigenvalue weighted by molar-refractivity contribution is 0.587. The van der Waals surface area contributed by atoms with Crippen LogP contribution in [0.3, 0.4) is 0 Å². The van der Waals surface area contributed by atoms with E-state index in [1.807, 2.05) is 20.2 Å². The molecule has 17 heavy (non-hydrogen) atoms. The molecule has 3 nitrogen and oxygen atoms in total. The van der Waals surface area contributed by atoms with E-state index in [1.54, 1.807) is 17.5 Å². The van der Waals surface area contributed by atoms with E-state index in [1.165, 1.54) is 5.56 Å². The molecular formula is C12H14BrN3S. The van der Waals surface area contributed by atoms with E-state index in [0.717, 1.165) is 21.6 Å². The van der Waals surface area contributed by atoms with Crippen molar-refractivity contribution < 1.29 is 0 Å². The maximum Gasteiger partial charge on any atom is 0.0947 e. The van der Waals surface area contributed by atoms with Gasteiger partial charge in [0.05, 0.1) is 5.01 Å². The maximum absolute atomic E-state index is 4.49. The van der Waals surface area contributed by atoms with Gasteiger partial charge in [-0.2, -0.15) is 0 Å². The fourth-order valence-corrected chi connectivity index (χ4v) is 2.88. The molecule has 2 heterocycles. The van der Waals surface area contributed by atoms with Crippen molar-refractivity contribution in [2.75, 3.05) is 7.05 Å². The van der Waals surface area contributed by atoms with E-state index in [9.17, 15) is 0 Å². The number of rotatable bonds is 4. The highest BCUT2D eigenvalue weighted by atomic mass is 79.9. The van der Waals surface area contributed by atoms with Gasteiger partial charge in [-0.25, -0.2) is 4.98 Å². The Balaban J connectivity index is 2.16. The lowest BCUT2D eigenvalue weighted by Gasteiger charge is -2.14. The fourth-order valence-electron chi connectivity index (χ4n) is 1.68. The molecule has 0 aliphatic rings. The SMILES string of the molecule is CNC(Cc1nc(C)cs1)c1cncc(Br)c1. The molecule has 0 aliphatic carbocycles. The van der Waals surface area contributed by atoms with Crippen molar-refractivity contribution in [1.82, 2.24) is 15.3 Å². The van der Waals surface area contributed by atoms with Gasteiger partial charge in [0, 0.05) is 40.4 Å². The predicted octanol–water partition coefficient (Wildman–Crippen LogP) is 3.11. The van der Waals surface area contributed by atoms with Gasteiger partial charge in [0.25, 0.3) is 0 Å². The number of aromatic nitrogens is 2. The Hall–Kier alpha value is -0.780. The molecule has 0 radical (unpaired) electrons. The molecule has 0 saturated heterocycles. The summed E-state index contributed by atoms with van der Waals surface area (Å²) in [5.41, 5.74) is 2.27. The molecule has 0 amide bonds. The van der Waals surface area contributed by atoms with E-state index in [4.69, 9.17) is 0 Å². The third-order valence-electron chi connectivity index (χ3n) is 2.52. The molecule has 2 aromatic heterocycles. The quantitative estimate of drug-likeness (QED) is 0.942. The van der Waals surface area contributed by atoms with Gasteiger partial charge >= 0.3 is 0 Å². The summed E-state index contributed by atoms with van der Waals surface area (Å²) >= 11 is 5.15. The van der Waals surface area contributed by atoms with Crippen LogP contribution in [-0.4, -0.2) is 17.0 Å². The van der Waals surface area contributed by atoms with Crippen LogP contribution in [0.5, 0.6) is 0 Å². The summed E-state index contributed by atoms with van der Waals surface area (Å²) in [6.45, 7) is 2.02. The Morgan fingerprint density at radius 3 is 2.88 bits per heavy atom. The highest BCUT2D eigenvalue weighted by Crippen LogP contribution is 2.22. The molecule has 0 spiro atoms. The van der Waals surface area contributed by atoms with Gasteiger partial charge < -0.3 is 5.32 Å². The first-order valence-electron chi connectivity index (χ1n) is 5.37. The molecule has 0 fully saturated rings. The second-order valence-corrected chi connectivity index (χ2v) is 5.72. The first kappa shape index (κ1) is 12.7. The Bertz CT molecular complexity index is 498. The highest BCUT2D eigenvalue weighted by Gasteiger charge is 2.12. The molecule has 1 atom stereocenters. The molecule has 1 unspecified atom stereocenters. The number of hydrogen-bond acceptors (Lipinski definition) is 4. The highest BCUT2D eigenvalue weighted by molar-refractivity contribution is 9.10. The molecular weight excluding hydrogens is 298 g/mol. The topological polar surface area (TPSA) is 37.8 Å². The number of thiazole rings is 1. The summed E-state index contributed by atoms with van der Waals surface area (Å²) in [6, 6.07) is 2.35. The number of halogens is 1. The van der Waals surface area contributed by atoms with Crippen LogP contribution in [0.15, 0.2) is 28.3 Å². The lowest BCUT2D eigenvalue weighted by atomic mass is 10.1. The number of likely N-dealkylation sites (N-methyl/N-ethyl adjacent to an activating group) is 1. The molecule has 0 saturated carbocycles. The van der Waals surface area contributed by atoms with Crippen LogP contribution in [-0.2, 0) is 6.42 Å². The molecule has 2 aromatic rings. The maximum atomic E-state index is 4.49. The van der Waals surface area contributed by atoms with Crippen molar-refractivity contribution in [2.45, 2.75) is 19.4 Å². The molecule has 0 aliphatic heterocycles. The second-order valence-electron chi connectivity index (χ2n) is 3.86. The Morgan fingerprint density at radius 2 is 2.29 bits per heavy atom. The van der Waals surface area contributed by atoms with Crippen LogP contribution >= 0.6 is 27.3 Å². The Morgan fingerprint density at radius 1 is 1.47 bits per heavy atom. The normalized spacial score (nSPS) is 12.6. The van der Waals surface area contributed by atoms with Crippen LogP contribution < -0.4 is 5.32 Å². The molecule has 2 rings (SSSR count). The number of pyridine rings is 1. The third-order valence-corrected chi connectivity index (χ3v) is 3.94. The van der Waals surface area contributed by atoms with Gasteiger partial charge in [-0.1, -0.05) is 0 Å². The van der Waals surface area contributed by atoms with Crippen molar-refractivity contribution in [3.63, 3.8) is 0 Å². The summed E-state index contributed by atoms with van der Waals surface area (Å²) in [6.07, 6.45) is 4.59. The minimum Gasteiger partial charge on any atom is -0.313 e. The van der Waals surface area contributed by atoms with Crippen LogP contribution in [0.4, 0.5) is 0 Å². The zero-order valence-electron chi connectivity index (χ0n) is 9.77. The van der Waals surface area contributed by atoms with E-state index in [2.05, 4.69) is 42.7 Å². The Labute approximate surface area is 113 Å². The summed E-state index contributed by atoms with van der Waals surface area (Å²) in [7, 11) is 1.96. The van der Waals surface area contributed by atoms with Crippen LogP contribution in [0, 0.1) is 6.92 Å². The lowest BCUT2D eigenvalue weighted by Crippen LogP contribution is -2.19. The molecule has 0 aromatic carbocycles. The largest absolute Gasteiger partial charge is 0.313 e. The van der Waals surface area contributed by atoms with Crippen molar-refractivity contribution >= 4 is 27.3 Å². The van der Waals surface area contributed by atoms with Crippen LogP contribution in [0.1, 0.15) is 22.3 Å². The number of hydrogen-bond donors (Lipinski definition) is 1. The molecule has 1 N–H and O–H groups in total. The van der Waals surface area contributed by atoms with E-state index >= 15 is 0 Å². The van der Waals surface area contributed by atoms with Gasteiger partial charge in [-0.3, -0.25) is 4.98 Å². The summed E-state index contributed by atoms with van der Waals surface area (Å²) < 4.78 is 1.01. The van der Waals surface area contributed by atoms with Gasteiger partial charge in [0.15, 0.2) is 0 Å². The smallest absolute Gasteiger partial charge is 0.0947 e. The van der Waals surface area contributed by atoms with Crippen molar-refractivity contribution in [3.05, 3.63) is 44.6 Å². The van der Waals surface area contributed by atoms with Gasteiger partial charge in [0.1, 0.15) is 0 Å². The van der Waals surface area contributed by atoms with Crippen molar-refractivity contribution in [1.29, 1.82) is 0 Å². The van der Waals surface area contributed by atoms with Crippen molar-refractivity contribution in [3.8, 4) is 0 Å². The standard InChI is InChI=1S/C12H14BrN3S/c1-8-7-17-12(16-8)4-11(14-2)9-3-10(13)6-15-5-9/h3,5-7,11,14H,4H2,1-2H3. The molecule has 90 valence electrons. The molecule has 0 bridgehead atoms. The average molecular weight is 312 g/mol. The van der Waals surface area contributed by atoms with Crippen molar-refractivity contribution in [2.24, 2.45) is 0 Å². The van der Waals surface area contributed by atoms with Gasteiger partial charge in [0.2, 0.25) is 0 Å². The first-order valence-corrected chi connectivity index (χ1v) is 7.05. The minimum absolute atomic E-state index is 0.255. The van der Waals surface area contributed by atoms with Gasteiger partial charge in [-0.05, 0) is 41.5 Å². The van der Waals surface area contributed by atoms with E-state index in [0.29, 0.717) is 0 Å². The van der Waals surface area contributed by atoms with Gasteiger partial charge in [-0.15, -0.1) is 11.3 Å². The zero-order chi connectivity index (χ0) is 12.3. The number of aryl methyl sites for hydroxylation is 1. The minimum atomic E-state index is 0.255. The third kappa shape index (κ3) is 3.34.